The van der Waals surface area contributed by atoms with Crippen LogP contribution in [0, 0.1) is 12.8 Å². The molecule has 8 heteroatoms. The van der Waals surface area contributed by atoms with E-state index in [1.54, 1.807) is 0 Å². The molecule has 0 radical (unpaired) electrons. The Hall–Kier alpha value is -2.45. The van der Waals surface area contributed by atoms with Crippen LogP contribution in [0.2, 0.25) is 0 Å². The van der Waals surface area contributed by atoms with Crippen LogP contribution in [0.4, 0.5) is 0 Å². The van der Waals surface area contributed by atoms with Crippen molar-refractivity contribution < 1.29 is 23.7 Å². The van der Waals surface area contributed by atoms with Gasteiger partial charge < -0.3 is 18.9 Å². The first-order chi connectivity index (χ1) is 16.4. The molecule has 3 unspecified atom stereocenters. The highest BCUT2D eigenvalue weighted by Crippen LogP contribution is 2.32. The van der Waals surface area contributed by atoms with Crippen LogP contribution < -0.4 is 4.74 Å². The lowest BCUT2D eigenvalue weighted by Crippen LogP contribution is -2.31. The predicted molar refractivity (Wildman–Crippen MR) is 127 cm³/mol. The van der Waals surface area contributed by atoms with Crippen molar-refractivity contribution in [2.24, 2.45) is 13.0 Å². The molecule has 0 aromatic carbocycles. The molecule has 2 aromatic rings. The van der Waals surface area contributed by atoms with Crippen LogP contribution in [0.3, 0.4) is 0 Å². The second kappa shape index (κ2) is 11.3. The van der Waals surface area contributed by atoms with Crippen molar-refractivity contribution in [1.29, 1.82) is 0 Å². The third-order valence-electron chi connectivity index (χ3n) is 6.52. The highest BCUT2D eigenvalue weighted by atomic mass is 16.7. The molecule has 3 heterocycles. The number of carbonyl (C=O) groups is 1. The van der Waals surface area contributed by atoms with E-state index in [9.17, 15) is 4.79 Å². The van der Waals surface area contributed by atoms with E-state index >= 15 is 0 Å². The van der Waals surface area contributed by atoms with Crippen LogP contribution in [-0.2, 0) is 32.7 Å². The SMILES string of the molecule is Cc1nc(-c2cnn(C)c2COC2CCCCO2)ccc1OC1CCCC(C(=O)OC(C)C)C1. The van der Waals surface area contributed by atoms with Crippen molar-refractivity contribution in [3.63, 3.8) is 0 Å². The van der Waals surface area contributed by atoms with E-state index in [0.29, 0.717) is 13.0 Å². The quantitative estimate of drug-likeness (QED) is 0.515. The minimum Gasteiger partial charge on any atom is -0.489 e. The highest BCUT2D eigenvalue weighted by molar-refractivity contribution is 5.72. The molecule has 2 fully saturated rings. The van der Waals surface area contributed by atoms with Crippen molar-refractivity contribution in [3.05, 3.63) is 29.7 Å². The summed E-state index contributed by atoms with van der Waals surface area (Å²) in [6.45, 7) is 6.90. The monoisotopic (exact) mass is 471 g/mol. The van der Waals surface area contributed by atoms with E-state index in [4.69, 9.17) is 23.9 Å². The molecule has 2 aliphatic rings. The Morgan fingerprint density at radius 1 is 1.21 bits per heavy atom. The third-order valence-corrected chi connectivity index (χ3v) is 6.52. The maximum atomic E-state index is 12.3. The van der Waals surface area contributed by atoms with Gasteiger partial charge in [0.1, 0.15) is 5.75 Å². The van der Waals surface area contributed by atoms with Gasteiger partial charge in [0.05, 0.1) is 48.0 Å². The second-order valence-corrected chi connectivity index (χ2v) is 9.60. The molecule has 0 amide bonds. The minimum atomic E-state index is -0.154. The lowest BCUT2D eigenvalue weighted by atomic mass is 9.87. The molecule has 4 rings (SSSR count). The number of esters is 1. The zero-order chi connectivity index (χ0) is 24.1. The number of pyridine rings is 1. The maximum Gasteiger partial charge on any atom is 0.309 e. The number of aromatic nitrogens is 3. The molecule has 1 saturated heterocycles. The van der Waals surface area contributed by atoms with Gasteiger partial charge in [-0.05, 0) is 77.8 Å². The molecule has 186 valence electrons. The van der Waals surface area contributed by atoms with Crippen molar-refractivity contribution in [2.75, 3.05) is 6.61 Å². The number of aryl methyl sites for hydroxylation is 2. The Kier molecular flexibility index (Phi) is 8.21. The summed E-state index contributed by atoms with van der Waals surface area (Å²) in [4.78, 5) is 17.2. The molecular formula is C26H37N3O5. The Labute approximate surface area is 201 Å². The van der Waals surface area contributed by atoms with Gasteiger partial charge in [0, 0.05) is 19.2 Å². The van der Waals surface area contributed by atoms with E-state index in [-0.39, 0.29) is 30.4 Å². The number of ether oxygens (including phenoxy) is 4. The van der Waals surface area contributed by atoms with Crippen molar-refractivity contribution >= 4 is 5.97 Å². The van der Waals surface area contributed by atoms with Gasteiger partial charge in [0.15, 0.2) is 6.29 Å². The normalized spacial score (nSPS) is 23.1. The number of nitrogens with zero attached hydrogens (tertiary/aromatic N) is 3. The Morgan fingerprint density at radius 3 is 2.79 bits per heavy atom. The fourth-order valence-electron chi connectivity index (χ4n) is 4.66. The number of hydrogen-bond acceptors (Lipinski definition) is 7. The molecule has 0 N–H and O–H groups in total. The molecule has 1 saturated carbocycles. The third kappa shape index (κ3) is 6.16. The smallest absolute Gasteiger partial charge is 0.309 e. The first-order valence-corrected chi connectivity index (χ1v) is 12.5. The molecule has 2 aromatic heterocycles. The van der Waals surface area contributed by atoms with Gasteiger partial charge in [-0.2, -0.15) is 5.10 Å². The Morgan fingerprint density at radius 2 is 2.06 bits per heavy atom. The van der Waals surface area contributed by atoms with E-state index < -0.39 is 0 Å². The molecule has 0 spiro atoms. The Balaban J connectivity index is 1.41. The van der Waals surface area contributed by atoms with Crippen LogP contribution in [0.5, 0.6) is 5.75 Å². The Bertz CT molecular complexity index is 967. The van der Waals surface area contributed by atoms with Gasteiger partial charge in [-0.3, -0.25) is 9.48 Å². The lowest BCUT2D eigenvalue weighted by molar-refractivity contribution is -0.169. The average molecular weight is 472 g/mol. The van der Waals surface area contributed by atoms with E-state index in [1.165, 1.54) is 0 Å². The fourth-order valence-corrected chi connectivity index (χ4v) is 4.66. The van der Waals surface area contributed by atoms with E-state index in [1.807, 2.05) is 50.8 Å². The molecule has 34 heavy (non-hydrogen) atoms. The molecule has 1 aliphatic carbocycles. The minimum absolute atomic E-state index is 0.0114. The topological polar surface area (TPSA) is 84.7 Å². The van der Waals surface area contributed by atoms with Crippen LogP contribution >= 0.6 is 0 Å². The van der Waals surface area contributed by atoms with Crippen molar-refractivity contribution in [3.8, 4) is 17.0 Å². The van der Waals surface area contributed by atoms with E-state index in [0.717, 1.165) is 73.5 Å². The zero-order valence-electron chi connectivity index (χ0n) is 20.8. The second-order valence-electron chi connectivity index (χ2n) is 9.60. The van der Waals surface area contributed by atoms with Crippen molar-refractivity contribution in [2.45, 2.75) is 90.8 Å². The predicted octanol–water partition coefficient (Wildman–Crippen LogP) is 4.72. The largest absolute Gasteiger partial charge is 0.489 e. The number of hydrogen-bond donors (Lipinski definition) is 0. The van der Waals surface area contributed by atoms with Crippen LogP contribution in [0.25, 0.3) is 11.3 Å². The fraction of sp³-hybridized carbons (Fsp3) is 0.654. The number of carbonyl (C=O) groups excluding carboxylic acids is 1. The van der Waals surface area contributed by atoms with Gasteiger partial charge in [-0.15, -0.1) is 0 Å². The summed E-state index contributed by atoms with van der Waals surface area (Å²) in [5.74, 6) is 0.544. The van der Waals surface area contributed by atoms with Crippen LogP contribution in [0.15, 0.2) is 18.3 Å². The van der Waals surface area contributed by atoms with Gasteiger partial charge in [-0.25, -0.2) is 4.98 Å². The molecule has 3 atom stereocenters. The van der Waals surface area contributed by atoms with Gasteiger partial charge >= 0.3 is 5.97 Å². The summed E-state index contributed by atoms with van der Waals surface area (Å²) in [6, 6.07) is 3.93. The lowest BCUT2D eigenvalue weighted by Gasteiger charge is -2.29. The first-order valence-electron chi connectivity index (χ1n) is 12.5. The highest BCUT2D eigenvalue weighted by Gasteiger charge is 2.30. The summed E-state index contributed by atoms with van der Waals surface area (Å²) >= 11 is 0. The van der Waals surface area contributed by atoms with E-state index in [2.05, 4.69) is 5.10 Å². The molecular weight excluding hydrogens is 434 g/mol. The van der Waals surface area contributed by atoms with Crippen LogP contribution in [-0.4, -0.2) is 45.8 Å². The van der Waals surface area contributed by atoms with Gasteiger partial charge in [0.25, 0.3) is 0 Å². The summed E-state index contributed by atoms with van der Waals surface area (Å²) in [6.07, 6.45) is 8.15. The average Bonchev–Trinajstić information content (AvgIpc) is 3.19. The maximum absolute atomic E-state index is 12.3. The van der Waals surface area contributed by atoms with Crippen LogP contribution in [0.1, 0.15) is 70.2 Å². The standard InChI is InChI=1S/C26H37N3O5/c1-17(2)33-26(30)19-8-7-9-20(14-19)34-24-12-11-22(28-18(24)3)21-15-27-29(4)23(21)16-32-25-10-5-6-13-31-25/h11-12,15,17,19-20,25H,5-10,13-14,16H2,1-4H3. The molecule has 0 bridgehead atoms. The zero-order valence-corrected chi connectivity index (χ0v) is 20.8. The van der Waals surface area contributed by atoms with Crippen molar-refractivity contribution in [1.82, 2.24) is 14.8 Å². The molecule has 8 nitrogen and oxygen atoms in total. The summed E-state index contributed by atoms with van der Waals surface area (Å²) in [7, 11) is 1.91. The molecule has 1 aliphatic heterocycles. The summed E-state index contributed by atoms with van der Waals surface area (Å²) in [5.41, 5.74) is 3.56. The first kappa shape index (κ1) is 24.7. The van der Waals surface area contributed by atoms with Gasteiger partial charge in [-0.1, -0.05) is 0 Å². The summed E-state index contributed by atoms with van der Waals surface area (Å²) < 4.78 is 25.2. The number of rotatable bonds is 8. The van der Waals surface area contributed by atoms with Gasteiger partial charge in [0.2, 0.25) is 0 Å². The summed E-state index contributed by atoms with van der Waals surface area (Å²) in [5, 5.41) is 4.43.